The van der Waals surface area contributed by atoms with Gasteiger partial charge in [0.1, 0.15) is 5.01 Å². The summed E-state index contributed by atoms with van der Waals surface area (Å²) < 4.78 is 1.87. The van der Waals surface area contributed by atoms with E-state index in [1.165, 1.54) is 11.3 Å². The van der Waals surface area contributed by atoms with Crippen molar-refractivity contribution < 1.29 is 4.79 Å². The maximum Gasteiger partial charge on any atom is 0.258 e. The van der Waals surface area contributed by atoms with E-state index in [4.69, 9.17) is 35.4 Å². The van der Waals surface area contributed by atoms with Gasteiger partial charge in [-0.05, 0) is 71.2 Å². The molecule has 0 saturated carbocycles. The van der Waals surface area contributed by atoms with Crippen molar-refractivity contribution in [2.75, 3.05) is 5.32 Å². The maximum absolute atomic E-state index is 12.6. The van der Waals surface area contributed by atoms with Crippen molar-refractivity contribution in [2.45, 2.75) is 0 Å². The number of nitrogens with one attached hydrogen (secondary N) is 2. The van der Waals surface area contributed by atoms with Crippen molar-refractivity contribution in [3.8, 4) is 10.6 Å². The van der Waals surface area contributed by atoms with E-state index in [0.29, 0.717) is 26.9 Å². The van der Waals surface area contributed by atoms with Crippen molar-refractivity contribution in [3.05, 3.63) is 79.8 Å². The predicted molar refractivity (Wildman–Crippen MR) is 138 cm³/mol. The van der Waals surface area contributed by atoms with Gasteiger partial charge in [0.2, 0.25) is 0 Å². The Kier molecular flexibility index (Phi) is 6.54. The third kappa shape index (κ3) is 4.60. The van der Waals surface area contributed by atoms with Crippen molar-refractivity contribution in [3.63, 3.8) is 0 Å². The number of benzene rings is 3. The summed E-state index contributed by atoms with van der Waals surface area (Å²) in [5.41, 5.74) is 2.66. The first-order valence-electron chi connectivity index (χ1n) is 8.64. The lowest BCUT2D eigenvalue weighted by Gasteiger charge is -2.15. The number of halogens is 3. The summed E-state index contributed by atoms with van der Waals surface area (Å²) in [6, 6.07) is 18.5. The number of hydrogen-bond donors (Lipinski definition) is 2. The molecule has 150 valence electrons. The van der Waals surface area contributed by atoms with Crippen LogP contribution in [0.25, 0.3) is 20.8 Å². The molecular formula is C21H12Cl2IN3OS2. The molecule has 30 heavy (non-hydrogen) atoms. The molecule has 0 atom stereocenters. The number of aromatic nitrogens is 1. The summed E-state index contributed by atoms with van der Waals surface area (Å²) in [7, 11) is 0. The van der Waals surface area contributed by atoms with Crippen molar-refractivity contribution in [1.29, 1.82) is 0 Å². The molecule has 0 radical (unpaired) electrons. The third-order valence-corrected chi connectivity index (χ3v) is 6.89. The quantitative estimate of drug-likeness (QED) is 0.201. The van der Waals surface area contributed by atoms with Gasteiger partial charge in [-0.25, -0.2) is 4.98 Å². The Hall–Kier alpha value is -1.78. The number of rotatable bonds is 3. The van der Waals surface area contributed by atoms with Gasteiger partial charge in [0.15, 0.2) is 5.11 Å². The standard InChI is InChI=1S/C21H12Cl2IN3OS2/c22-11-9-13(20-25-16-7-3-4-8-17(16)30-20)18(14(23)10-11)26-21(29)27-19(28)12-5-1-2-6-15(12)24/h1-10H,(H2,26,27,28,29). The lowest BCUT2D eigenvalue weighted by molar-refractivity contribution is 0.0977. The largest absolute Gasteiger partial charge is 0.331 e. The van der Waals surface area contributed by atoms with E-state index in [-0.39, 0.29) is 11.0 Å². The average Bonchev–Trinajstić information content (AvgIpc) is 3.14. The molecule has 1 aromatic heterocycles. The summed E-state index contributed by atoms with van der Waals surface area (Å²) >= 11 is 21.7. The molecule has 2 N–H and O–H groups in total. The summed E-state index contributed by atoms with van der Waals surface area (Å²) in [5, 5.41) is 7.48. The van der Waals surface area contributed by atoms with Crippen molar-refractivity contribution in [2.24, 2.45) is 0 Å². The lowest BCUT2D eigenvalue weighted by atomic mass is 10.2. The third-order valence-electron chi connectivity index (χ3n) is 4.16. The van der Waals surface area contributed by atoms with Gasteiger partial charge < -0.3 is 5.32 Å². The molecule has 0 spiro atoms. The van der Waals surface area contributed by atoms with Gasteiger partial charge in [0.25, 0.3) is 5.91 Å². The molecule has 0 aliphatic carbocycles. The number of carbonyl (C=O) groups excluding carboxylic acids is 1. The topological polar surface area (TPSA) is 54.0 Å². The van der Waals surface area contributed by atoms with Gasteiger partial charge in [-0.3, -0.25) is 10.1 Å². The Balaban J connectivity index is 1.65. The predicted octanol–water partition coefficient (Wildman–Crippen LogP) is 7.00. The highest BCUT2D eigenvalue weighted by Gasteiger charge is 2.18. The van der Waals surface area contributed by atoms with Crippen LogP contribution >= 0.6 is 69.3 Å². The van der Waals surface area contributed by atoms with Crippen LogP contribution in [0, 0.1) is 3.57 Å². The van der Waals surface area contributed by atoms with Crippen molar-refractivity contribution in [1.82, 2.24) is 10.3 Å². The number of nitrogens with zero attached hydrogens (tertiary/aromatic N) is 1. The van der Waals surface area contributed by atoms with E-state index < -0.39 is 0 Å². The van der Waals surface area contributed by atoms with E-state index in [9.17, 15) is 4.79 Å². The van der Waals surface area contributed by atoms with Crippen LogP contribution in [0.3, 0.4) is 0 Å². The molecule has 4 aromatic rings. The molecule has 4 rings (SSSR count). The highest BCUT2D eigenvalue weighted by molar-refractivity contribution is 14.1. The number of anilines is 1. The minimum atomic E-state index is -0.302. The van der Waals surface area contributed by atoms with Crippen LogP contribution in [0.15, 0.2) is 60.7 Å². The molecule has 9 heteroatoms. The fourth-order valence-electron chi connectivity index (χ4n) is 2.82. The fourth-order valence-corrected chi connectivity index (χ4v) is 5.17. The van der Waals surface area contributed by atoms with Crippen LogP contribution in [0.5, 0.6) is 0 Å². The molecule has 0 unspecified atom stereocenters. The molecule has 3 aromatic carbocycles. The van der Waals surface area contributed by atoms with E-state index >= 15 is 0 Å². The molecule has 4 nitrogen and oxygen atoms in total. The second kappa shape index (κ2) is 9.15. The highest BCUT2D eigenvalue weighted by atomic mass is 127. The monoisotopic (exact) mass is 583 g/mol. The molecule has 0 bridgehead atoms. The number of thiocarbonyl (C=S) groups is 1. The summed E-state index contributed by atoms with van der Waals surface area (Å²) in [6.45, 7) is 0. The van der Waals surface area contributed by atoms with Crippen LogP contribution in [0.1, 0.15) is 10.4 Å². The molecular weight excluding hydrogens is 572 g/mol. The Labute approximate surface area is 205 Å². The van der Waals surface area contributed by atoms with Crippen molar-refractivity contribution >= 4 is 96.3 Å². The van der Waals surface area contributed by atoms with Crippen LogP contribution in [0.4, 0.5) is 5.69 Å². The molecule has 1 amide bonds. The van der Waals surface area contributed by atoms with Crippen LogP contribution in [0.2, 0.25) is 10.0 Å². The zero-order valence-electron chi connectivity index (χ0n) is 15.1. The minimum absolute atomic E-state index is 0.131. The van der Waals surface area contributed by atoms with Crippen LogP contribution in [-0.4, -0.2) is 16.0 Å². The number of hydrogen-bond acceptors (Lipinski definition) is 4. The van der Waals surface area contributed by atoms with Gasteiger partial charge >= 0.3 is 0 Å². The number of para-hydroxylation sites is 1. The van der Waals surface area contributed by atoms with Gasteiger partial charge in [-0.2, -0.15) is 0 Å². The molecule has 1 heterocycles. The smallest absolute Gasteiger partial charge is 0.258 e. The SMILES string of the molecule is O=C(NC(=S)Nc1c(Cl)cc(Cl)cc1-c1nc2ccccc2s1)c1ccccc1I. The number of thiazole rings is 1. The second-order valence-electron chi connectivity index (χ2n) is 6.19. The zero-order chi connectivity index (χ0) is 21.3. The first-order chi connectivity index (χ1) is 14.4. The van der Waals surface area contributed by atoms with E-state index in [2.05, 4.69) is 38.2 Å². The molecule has 0 saturated heterocycles. The Morgan fingerprint density at radius 1 is 1.07 bits per heavy atom. The Bertz CT molecular complexity index is 1260. The van der Waals surface area contributed by atoms with Crippen LogP contribution in [-0.2, 0) is 0 Å². The highest BCUT2D eigenvalue weighted by Crippen LogP contribution is 2.40. The zero-order valence-corrected chi connectivity index (χ0v) is 20.4. The lowest BCUT2D eigenvalue weighted by Crippen LogP contribution is -2.34. The molecule has 0 aliphatic heterocycles. The van der Waals surface area contributed by atoms with E-state index in [1.54, 1.807) is 24.3 Å². The first kappa shape index (κ1) is 21.5. The van der Waals surface area contributed by atoms with E-state index in [1.807, 2.05) is 36.4 Å². The average molecular weight is 584 g/mol. The molecule has 0 aliphatic rings. The van der Waals surface area contributed by atoms with Crippen LogP contribution < -0.4 is 10.6 Å². The van der Waals surface area contributed by atoms with Gasteiger partial charge in [0.05, 0.1) is 26.5 Å². The first-order valence-corrected chi connectivity index (χ1v) is 11.7. The summed E-state index contributed by atoms with van der Waals surface area (Å²) in [4.78, 5) is 17.3. The van der Waals surface area contributed by atoms with E-state index in [0.717, 1.165) is 18.8 Å². The fraction of sp³-hybridized carbons (Fsp3) is 0. The normalized spacial score (nSPS) is 10.8. The number of amides is 1. The number of fused-ring (bicyclic) bond motifs is 1. The summed E-state index contributed by atoms with van der Waals surface area (Å²) in [5.74, 6) is -0.302. The minimum Gasteiger partial charge on any atom is -0.331 e. The maximum atomic E-state index is 12.6. The molecule has 0 fully saturated rings. The number of carbonyl (C=O) groups is 1. The van der Waals surface area contributed by atoms with Gasteiger partial charge in [-0.15, -0.1) is 11.3 Å². The second-order valence-corrected chi connectivity index (χ2v) is 9.63. The summed E-state index contributed by atoms with van der Waals surface area (Å²) in [6.07, 6.45) is 0. The van der Waals surface area contributed by atoms with Gasteiger partial charge in [-0.1, -0.05) is 47.5 Å². The van der Waals surface area contributed by atoms with Gasteiger partial charge in [0, 0.05) is 14.2 Å². The Morgan fingerprint density at radius 2 is 1.80 bits per heavy atom. The Morgan fingerprint density at radius 3 is 2.57 bits per heavy atom.